The minimum absolute atomic E-state index is 0.0343. The summed E-state index contributed by atoms with van der Waals surface area (Å²) in [5.74, 6) is -0.640. The number of rotatable bonds is 2. The number of nitrogens with one attached hydrogen (secondary N) is 1. The van der Waals surface area contributed by atoms with Gasteiger partial charge in [-0.3, -0.25) is 4.79 Å². The lowest BCUT2D eigenvalue weighted by molar-refractivity contribution is 0.102. The van der Waals surface area contributed by atoms with E-state index in [9.17, 15) is 9.90 Å². The minimum atomic E-state index is -0.554. The number of aromatic nitrogens is 2. The Kier molecular flexibility index (Phi) is 4.24. The summed E-state index contributed by atoms with van der Waals surface area (Å²) >= 11 is 14.7. The summed E-state index contributed by atoms with van der Waals surface area (Å²) < 4.78 is 0.657. The van der Waals surface area contributed by atoms with Crippen molar-refractivity contribution in [1.82, 2.24) is 9.97 Å². The van der Waals surface area contributed by atoms with Gasteiger partial charge in [0.25, 0.3) is 5.91 Å². The summed E-state index contributed by atoms with van der Waals surface area (Å²) in [6.07, 6.45) is 1.17. The second-order valence-corrected chi connectivity index (χ2v) is 5.09. The molecule has 2 rings (SSSR count). The van der Waals surface area contributed by atoms with Crippen LogP contribution in [-0.4, -0.2) is 21.0 Å². The normalized spacial score (nSPS) is 10.3. The number of halogens is 3. The van der Waals surface area contributed by atoms with Crippen molar-refractivity contribution in [3.05, 3.63) is 44.7 Å². The number of phenols is 1. The fourth-order valence-electron chi connectivity index (χ4n) is 1.31. The van der Waals surface area contributed by atoms with Crippen LogP contribution >= 0.6 is 39.1 Å². The molecule has 1 amide bonds. The van der Waals surface area contributed by atoms with E-state index in [4.69, 9.17) is 23.2 Å². The van der Waals surface area contributed by atoms with Crippen LogP contribution in [-0.2, 0) is 0 Å². The van der Waals surface area contributed by atoms with Crippen LogP contribution in [0.2, 0.25) is 10.2 Å². The summed E-state index contributed by atoms with van der Waals surface area (Å²) in [6, 6.07) is 4.50. The van der Waals surface area contributed by atoms with Gasteiger partial charge < -0.3 is 10.4 Å². The van der Waals surface area contributed by atoms with Crippen molar-refractivity contribution in [1.29, 1.82) is 0 Å². The molecule has 0 saturated carbocycles. The Bertz CT molecular complexity index is 652. The third-order valence-corrected chi connectivity index (χ3v) is 3.42. The molecular weight excluding hydrogens is 357 g/mol. The second-order valence-electron chi connectivity index (χ2n) is 3.44. The van der Waals surface area contributed by atoms with Gasteiger partial charge in [-0.1, -0.05) is 39.1 Å². The molecule has 0 aliphatic heterocycles. The summed E-state index contributed by atoms with van der Waals surface area (Å²) in [4.78, 5) is 19.4. The zero-order chi connectivity index (χ0) is 14.0. The molecule has 0 aliphatic rings. The van der Waals surface area contributed by atoms with Crippen molar-refractivity contribution >= 4 is 50.9 Å². The summed E-state index contributed by atoms with van der Waals surface area (Å²) in [5, 5.41) is 12.2. The van der Waals surface area contributed by atoms with Gasteiger partial charge in [0.1, 0.15) is 17.1 Å². The molecule has 0 spiro atoms. The Balaban J connectivity index is 2.28. The second kappa shape index (κ2) is 5.73. The van der Waals surface area contributed by atoms with Gasteiger partial charge in [0.15, 0.2) is 11.0 Å². The van der Waals surface area contributed by atoms with Crippen LogP contribution in [0.25, 0.3) is 0 Å². The number of benzene rings is 1. The van der Waals surface area contributed by atoms with E-state index in [-0.39, 0.29) is 27.3 Å². The number of anilines is 1. The number of nitrogens with zero attached hydrogens (tertiary/aromatic N) is 2. The van der Waals surface area contributed by atoms with Crippen LogP contribution in [0.5, 0.6) is 5.75 Å². The predicted octanol–water partition coefficient (Wildman–Crippen LogP) is 3.50. The quantitative estimate of drug-likeness (QED) is 0.801. The minimum Gasteiger partial charge on any atom is -0.507 e. The Morgan fingerprint density at radius 3 is 2.74 bits per heavy atom. The van der Waals surface area contributed by atoms with Crippen LogP contribution in [0.1, 0.15) is 10.4 Å². The summed E-state index contributed by atoms with van der Waals surface area (Å²) in [5.41, 5.74) is 0.0917. The van der Waals surface area contributed by atoms with E-state index in [1.165, 1.54) is 18.5 Å². The van der Waals surface area contributed by atoms with E-state index in [0.29, 0.717) is 4.47 Å². The average Bonchev–Trinajstić information content (AvgIpc) is 2.34. The van der Waals surface area contributed by atoms with Crippen molar-refractivity contribution in [2.75, 3.05) is 5.32 Å². The molecule has 8 heteroatoms. The van der Waals surface area contributed by atoms with Crippen LogP contribution in [0.3, 0.4) is 0 Å². The number of carbonyl (C=O) groups excluding carboxylic acids is 1. The molecule has 2 aromatic rings. The molecule has 0 fully saturated rings. The third-order valence-electron chi connectivity index (χ3n) is 2.18. The molecular formula is C11H6BrCl2N3O2. The van der Waals surface area contributed by atoms with Crippen molar-refractivity contribution < 1.29 is 9.90 Å². The number of hydrogen-bond acceptors (Lipinski definition) is 4. The van der Waals surface area contributed by atoms with Gasteiger partial charge in [0, 0.05) is 4.47 Å². The number of carbonyl (C=O) groups is 1. The SMILES string of the molecule is O=C(Nc1ncnc(Cl)c1Cl)c1ccc(Br)cc1O. The Morgan fingerprint density at radius 2 is 2.05 bits per heavy atom. The molecule has 0 radical (unpaired) electrons. The highest BCUT2D eigenvalue weighted by Crippen LogP contribution is 2.27. The van der Waals surface area contributed by atoms with E-state index >= 15 is 0 Å². The molecule has 0 unspecified atom stereocenters. The Hall–Kier alpha value is -1.37. The monoisotopic (exact) mass is 361 g/mol. The standard InChI is InChI=1S/C11H6BrCl2N3O2/c12-5-1-2-6(7(18)3-5)11(19)17-10-8(13)9(14)15-4-16-10/h1-4,18H,(H,15,16,17,19). The average molecular weight is 363 g/mol. The smallest absolute Gasteiger partial charge is 0.260 e. The zero-order valence-electron chi connectivity index (χ0n) is 9.19. The molecule has 1 aromatic carbocycles. The highest BCUT2D eigenvalue weighted by Gasteiger charge is 2.15. The van der Waals surface area contributed by atoms with Crippen molar-refractivity contribution in [3.63, 3.8) is 0 Å². The first-order valence-electron chi connectivity index (χ1n) is 4.95. The number of hydrogen-bond donors (Lipinski definition) is 2. The highest BCUT2D eigenvalue weighted by molar-refractivity contribution is 9.10. The Labute approximate surface area is 126 Å². The van der Waals surface area contributed by atoms with Crippen LogP contribution < -0.4 is 5.32 Å². The van der Waals surface area contributed by atoms with Crippen molar-refractivity contribution in [2.24, 2.45) is 0 Å². The topological polar surface area (TPSA) is 75.1 Å². The molecule has 1 heterocycles. The molecule has 0 aliphatic carbocycles. The summed E-state index contributed by atoms with van der Waals surface area (Å²) in [7, 11) is 0. The van der Waals surface area contributed by atoms with Gasteiger partial charge in [-0.25, -0.2) is 9.97 Å². The lowest BCUT2D eigenvalue weighted by Crippen LogP contribution is -2.13. The van der Waals surface area contributed by atoms with Gasteiger partial charge in [0.2, 0.25) is 0 Å². The molecule has 19 heavy (non-hydrogen) atoms. The maximum Gasteiger partial charge on any atom is 0.260 e. The largest absolute Gasteiger partial charge is 0.507 e. The van der Waals surface area contributed by atoms with E-state index < -0.39 is 5.91 Å². The molecule has 0 saturated heterocycles. The number of aromatic hydroxyl groups is 1. The lowest BCUT2D eigenvalue weighted by atomic mass is 10.2. The van der Waals surface area contributed by atoms with Gasteiger partial charge in [-0.2, -0.15) is 0 Å². The van der Waals surface area contributed by atoms with Crippen LogP contribution in [0, 0.1) is 0 Å². The number of phenolic OH excluding ortho intramolecular Hbond substituents is 1. The molecule has 5 nitrogen and oxygen atoms in total. The maximum atomic E-state index is 12.0. The van der Waals surface area contributed by atoms with Crippen molar-refractivity contribution in [2.45, 2.75) is 0 Å². The molecule has 0 bridgehead atoms. The van der Waals surface area contributed by atoms with Gasteiger partial charge in [-0.05, 0) is 18.2 Å². The van der Waals surface area contributed by atoms with Gasteiger partial charge in [0.05, 0.1) is 5.56 Å². The molecule has 0 atom stereocenters. The molecule has 98 valence electrons. The van der Waals surface area contributed by atoms with Gasteiger partial charge in [-0.15, -0.1) is 0 Å². The fraction of sp³-hybridized carbons (Fsp3) is 0. The van der Waals surface area contributed by atoms with Crippen LogP contribution in [0.4, 0.5) is 5.82 Å². The first-order valence-corrected chi connectivity index (χ1v) is 6.50. The Morgan fingerprint density at radius 1 is 1.32 bits per heavy atom. The highest BCUT2D eigenvalue weighted by atomic mass is 79.9. The van der Waals surface area contributed by atoms with E-state index in [1.807, 2.05) is 0 Å². The van der Waals surface area contributed by atoms with E-state index in [1.54, 1.807) is 6.07 Å². The fourth-order valence-corrected chi connectivity index (χ4v) is 1.93. The maximum absolute atomic E-state index is 12.0. The lowest BCUT2D eigenvalue weighted by Gasteiger charge is -2.08. The number of amides is 1. The van der Waals surface area contributed by atoms with Gasteiger partial charge >= 0.3 is 0 Å². The zero-order valence-corrected chi connectivity index (χ0v) is 12.3. The molecule has 2 N–H and O–H groups in total. The third kappa shape index (κ3) is 3.15. The first-order chi connectivity index (χ1) is 8.99. The first kappa shape index (κ1) is 14.0. The van der Waals surface area contributed by atoms with Crippen molar-refractivity contribution in [3.8, 4) is 5.75 Å². The van der Waals surface area contributed by atoms with Crippen LogP contribution in [0.15, 0.2) is 29.0 Å². The molecule has 1 aromatic heterocycles. The van der Waals surface area contributed by atoms with E-state index in [2.05, 4.69) is 31.2 Å². The summed E-state index contributed by atoms with van der Waals surface area (Å²) in [6.45, 7) is 0. The predicted molar refractivity (Wildman–Crippen MR) is 75.8 cm³/mol. The van der Waals surface area contributed by atoms with E-state index in [0.717, 1.165) is 0 Å².